The smallest absolute Gasteiger partial charge is 0.226 e. The summed E-state index contributed by atoms with van der Waals surface area (Å²) in [6.45, 7) is 15.8. The average molecular weight is 427 g/mol. The molecule has 1 fully saturated rings. The Labute approximate surface area is 186 Å². The summed E-state index contributed by atoms with van der Waals surface area (Å²) in [5, 5.41) is 6.76. The van der Waals surface area contributed by atoms with Gasteiger partial charge in [0.2, 0.25) is 5.89 Å². The minimum Gasteiger partial charge on any atom is -0.444 e. The Morgan fingerprint density at radius 1 is 1.03 bits per heavy atom. The van der Waals surface area contributed by atoms with Crippen LogP contribution in [0.25, 0.3) is 11.5 Å². The Kier molecular flexibility index (Phi) is 9.37. The van der Waals surface area contributed by atoms with Crippen LogP contribution >= 0.6 is 0 Å². The third-order valence-corrected chi connectivity index (χ3v) is 5.70. The van der Waals surface area contributed by atoms with Crippen LogP contribution in [0.5, 0.6) is 0 Å². The minimum absolute atomic E-state index is 0.492. The topological polar surface area (TPSA) is 68.9 Å². The molecular formula is C24H38N6O. The van der Waals surface area contributed by atoms with Gasteiger partial charge in [-0.3, -0.25) is 0 Å². The van der Waals surface area contributed by atoms with E-state index in [-0.39, 0.29) is 0 Å². The van der Waals surface area contributed by atoms with E-state index >= 15 is 0 Å². The number of likely N-dealkylation sites (N-methyl/N-ethyl adjacent to an activating group) is 1. The Bertz CT molecular complexity index is 793. The number of piperazine rings is 1. The summed E-state index contributed by atoms with van der Waals surface area (Å²) in [7, 11) is 0. The predicted molar refractivity (Wildman–Crippen MR) is 127 cm³/mol. The molecule has 1 aliphatic heterocycles. The molecule has 1 aliphatic rings. The van der Waals surface area contributed by atoms with Crippen molar-refractivity contribution in [1.82, 2.24) is 25.4 Å². The van der Waals surface area contributed by atoms with E-state index in [1.54, 1.807) is 6.26 Å². The summed E-state index contributed by atoms with van der Waals surface area (Å²) in [5.74, 6) is 1.47. The van der Waals surface area contributed by atoms with Crippen LogP contribution < -0.4 is 10.6 Å². The molecule has 0 atom stereocenters. The van der Waals surface area contributed by atoms with Gasteiger partial charge in [-0.25, -0.2) is 9.98 Å². The zero-order valence-electron chi connectivity index (χ0n) is 19.4. The lowest BCUT2D eigenvalue weighted by Gasteiger charge is -2.34. The van der Waals surface area contributed by atoms with Gasteiger partial charge in [0, 0.05) is 44.8 Å². The first-order valence-electron chi connectivity index (χ1n) is 11.7. The van der Waals surface area contributed by atoms with E-state index in [0.717, 1.165) is 36.7 Å². The molecule has 3 rings (SSSR count). The maximum absolute atomic E-state index is 5.64. The van der Waals surface area contributed by atoms with E-state index < -0.39 is 0 Å². The molecule has 170 valence electrons. The van der Waals surface area contributed by atoms with E-state index in [1.165, 1.54) is 51.3 Å². The van der Waals surface area contributed by atoms with Gasteiger partial charge < -0.3 is 24.9 Å². The maximum atomic E-state index is 5.64. The first-order valence-corrected chi connectivity index (χ1v) is 11.7. The quantitative estimate of drug-likeness (QED) is 0.346. The molecule has 0 saturated carbocycles. The first kappa shape index (κ1) is 23.3. The molecule has 2 heterocycles. The molecule has 0 spiro atoms. The molecule has 0 unspecified atom stereocenters. The van der Waals surface area contributed by atoms with Gasteiger partial charge in [-0.05, 0) is 51.9 Å². The minimum atomic E-state index is 0.492. The zero-order valence-corrected chi connectivity index (χ0v) is 19.4. The van der Waals surface area contributed by atoms with Crippen molar-refractivity contribution in [2.24, 2.45) is 4.99 Å². The van der Waals surface area contributed by atoms with Crippen LogP contribution in [0, 0.1) is 6.92 Å². The molecular weight excluding hydrogens is 388 g/mol. The number of guanidine groups is 1. The lowest BCUT2D eigenvalue weighted by Crippen LogP contribution is -2.46. The summed E-state index contributed by atoms with van der Waals surface area (Å²) in [6.07, 6.45) is 4.04. The van der Waals surface area contributed by atoms with Crippen LogP contribution in [0.1, 0.15) is 37.9 Å². The highest BCUT2D eigenvalue weighted by molar-refractivity contribution is 5.79. The lowest BCUT2D eigenvalue weighted by molar-refractivity contribution is 0.136. The fraction of sp³-hybridized carbons (Fsp3) is 0.583. The molecule has 0 bridgehead atoms. The Morgan fingerprint density at radius 3 is 2.48 bits per heavy atom. The van der Waals surface area contributed by atoms with Gasteiger partial charge in [0.05, 0.1) is 6.54 Å². The van der Waals surface area contributed by atoms with Crippen LogP contribution in [0.2, 0.25) is 0 Å². The number of aromatic nitrogens is 1. The number of nitrogens with zero attached hydrogens (tertiary/aromatic N) is 4. The Morgan fingerprint density at radius 2 is 1.77 bits per heavy atom. The molecule has 1 aromatic carbocycles. The molecule has 1 aromatic heterocycles. The average Bonchev–Trinajstić information content (AvgIpc) is 3.27. The number of hydrogen-bond acceptors (Lipinski definition) is 5. The van der Waals surface area contributed by atoms with Crippen molar-refractivity contribution in [3.8, 4) is 11.5 Å². The van der Waals surface area contributed by atoms with Gasteiger partial charge >= 0.3 is 0 Å². The third kappa shape index (κ3) is 7.67. The van der Waals surface area contributed by atoms with Gasteiger partial charge in [-0.1, -0.05) is 24.6 Å². The van der Waals surface area contributed by atoms with Crippen molar-refractivity contribution in [3.63, 3.8) is 0 Å². The Hall–Kier alpha value is -2.38. The van der Waals surface area contributed by atoms with Gasteiger partial charge in [0.25, 0.3) is 0 Å². The van der Waals surface area contributed by atoms with Crippen LogP contribution in [-0.4, -0.2) is 73.1 Å². The summed E-state index contributed by atoms with van der Waals surface area (Å²) < 4.78 is 5.64. The van der Waals surface area contributed by atoms with Crippen molar-refractivity contribution in [2.75, 3.05) is 52.4 Å². The molecule has 0 aliphatic carbocycles. The molecule has 2 N–H and O–H groups in total. The molecule has 31 heavy (non-hydrogen) atoms. The van der Waals surface area contributed by atoms with Gasteiger partial charge in [-0.15, -0.1) is 0 Å². The maximum Gasteiger partial charge on any atom is 0.226 e. The van der Waals surface area contributed by atoms with Crippen LogP contribution in [0.3, 0.4) is 0 Å². The second kappa shape index (κ2) is 12.5. The summed E-state index contributed by atoms with van der Waals surface area (Å²) in [6, 6.07) is 8.19. The largest absolute Gasteiger partial charge is 0.444 e. The summed E-state index contributed by atoms with van der Waals surface area (Å²) >= 11 is 0. The van der Waals surface area contributed by atoms with Crippen molar-refractivity contribution in [2.45, 2.75) is 40.2 Å². The standard InChI is InChI=1S/C24H38N6O/c1-4-25-24(26-12-6-7-13-30-16-14-29(5-2)15-17-30)27-18-22-19-31-23(28-22)21-10-8-20(3)9-11-21/h8-11,19H,4-7,12-18H2,1-3H3,(H2,25,26,27). The highest BCUT2D eigenvalue weighted by Crippen LogP contribution is 2.19. The highest BCUT2D eigenvalue weighted by Gasteiger charge is 2.14. The van der Waals surface area contributed by atoms with E-state index in [4.69, 9.17) is 4.42 Å². The van der Waals surface area contributed by atoms with E-state index in [0.29, 0.717) is 12.4 Å². The second-order valence-electron chi connectivity index (χ2n) is 8.11. The van der Waals surface area contributed by atoms with Crippen molar-refractivity contribution >= 4 is 5.96 Å². The molecule has 0 radical (unpaired) electrons. The van der Waals surface area contributed by atoms with Gasteiger partial charge in [-0.2, -0.15) is 0 Å². The summed E-state index contributed by atoms with van der Waals surface area (Å²) in [5.41, 5.74) is 3.04. The number of nitrogens with one attached hydrogen (secondary N) is 2. The van der Waals surface area contributed by atoms with Crippen LogP contribution in [-0.2, 0) is 6.54 Å². The van der Waals surface area contributed by atoms with E-state index in [1.807, 2.05) is 12.1 Å². The number of hydrogen-bond donors (Lipinski definition) is 2. The van der Waals surface area contributed by atoms with Gasteiger partial charge in [0.1, 0.15) is 12.0 Å². The molecule has 2 aromatic rings. The second-order valence-corrected chi connectivity index (χ2v) is 8.11. The highest BCUT2D eigenvalue weighted by atomic mass is 16.3. The van der Waals surface area contributed by atoms with Crippen molar-refractivity contribution in [3.05, 3.63) is 41.8 Å². The zero-order chi connectivity index (χ0) is 21.9. The predicted octanol–water partition coefficient (Wildman–Crippen LogP) is 3.12. The first-order chi connectivity index (χ1) is 15.2. The lowest BCUT2D eigenvalue weighted by atomic mass is 10.1. The molecule has 7 heteroatoms. The van der Waals surface area contributed by atoms with Crippen LogP contribution in [0.4, 0.5) is 0 Å². The Balaban J connectivity index is 1.39. The molecule has 7 nitrogen and oxygen atoms in total. The van der Waals surface area contributed by atoms with E-state index in [9.17, 15) is 0 Å². The van der Waals surface area contributed by atoms with Crippen molar-refractivity contribution < 1.29 is 4.42 Å². The third-order valence-electron chi connectivity index (χ3n) is 5.70. The summed E-state index contributed by atoms with van der Waals surface area (Å²) in [4.78, 5) is 14.4. The number of oxazole rings is 1. The number of rotatable bonds is 10. The SMILES string of the molecule is CCNC(=NCc1coc(-c2ccc(C)cc2)n1)NCCCCN1CCN(CC)CC1. The van der Waals surface area contributed by atoms with Gasteiger partial charge in [0.15, 0.2) is 5.96 Å². The number of aryl methyl sites for hydroxylation is 1. The number of aliphatic imine (C=N–C) groups is 1. The van der Waals surface area contributed by atoms with Crippen LogP contribution in [0.15, 0.2) is 39.9 Å². The normalized spacial score (nSPS) is 15.9. The number of unbranched alkanes of at least 4 members (excludes halogenated alkanes) is 1. The molecule has 0 amide bonds. The number of benzene rings is 1. The fourth-order valence-electron chi connectivity index (χ4n) is 3.71. The molecule has 1 saturated heterocycles. The van der Waals surface area contributed by atoms with E-state index in [2.05, 4.69) is 63.3 Å². The fourth-order valence-corrected chi connectivity index (χ4v) is 3.71. The van der Waals surface area contributed by atoms with Crippen molar-refractivity contribution in [1.29, 1.82) is 0 Å². The monoisotopic (exact) mass is 426 g/mol.